The number of nitrogens with one attached hydrogen (secondary N) is 2. The van der Waals surface area contributed by atoms with E-state index in [0.717, 1.165) is 43.2 Å². The Labute approximate surface area is 403 Å². The predicted octanol–water partition coefficient (Wildman–Crippen LogP) is 6.65. The minimum Gasteiger partial charge on any atom is -0.405 e. The highest BCUT2D eigenvalue weighted by molar-refractivity contribution is 6.47. The Morgan fingerprint density at radius 2 is 1.46 bits per heavy atom. The molecule has 372 valence electrons. The maximum absolute atomic E-state index is 13.7. The van der Waals surface area contributed by atoms with Gasteiger partial charge in [0.2, 0.25) is 17.7 Å². The van der Waals surface area contributed by atoms with E-state index in [-0.39, 0.29) is 54.6 Å². The fourth-order valence-electron chi connectivity index (χ4n) is 10.6. The molecule has 6 rings (SSSR count). The standard InChI is InChI=1S/C53H77BN4O10/c1-8-9-13-35-17-19-36(20-18-35)37-21-23-38(24-22-37)43(61)16-12-15-41(60)28-39(14-10-11-25-55)51(66)58-49(34(4)59)45(63)26-32(2)50(65)57-42(31-48(56)64)44(62)27-33(3)54-67-47-30-40-29-46(52(40,5)6)53(47,7)68-54/h17-24,32-34,39-40,42,46-47,49,59H,8-16,25-31,55H2,1-7H3,(H2,56,64)(H,57,65)(H,58,66)/t32-,33-,34?,39-,40+,42+,46+,47?,49+,53+/m1/s1. The van der Waals surface area contributed by atoms with E-state index in [1.165, 1.54) is 19.4 Å². The van der Waals surface area contributed by atoms with Crippen LogP contribution in [0.2, 0.25) is 5.82 Å². The first kappa shape index (κ1) is 54.4. The highest BCUT2D eigenvalue weighted by Crippen LogP contribution is 2.66. The molecule has 2 aromatic rings. The van der Waals surface area contributed by atoms with Gasteiger partial charge < -0.3 is 36.5 Å². The quantitative estimate of drug-likeness (QED) is 0.0329. The number of aliphatic hydroxyl groups is 1. The Hall–Kier alpha value is -4.57. The van der Waals surface area contributed by atoms with Crippen LogP contribution >= 0.6 is 0 Å². The van der Waals surface area contributed by atoms with Crippen molar-refractivity contribution in [1.82, 2.24) is 10.6 Å². The van der Waals surface area contributed by atoms with Gasteiger partial charge in [-0.15, -0.1) is 0 Å². The first-order valence-corrected chi connectivity index (χ1v) is 25.1. The number of rotatable bonds is 29. The van der Waals surface area contributed by atoms with Crippen molar-refractivity contribution in [2.45, 2.75) is 180 Å². The smallest absolute Gasteiger partial charge is 0.405 e. The molecular formula is C53H77BN4O10. The van der Waals surface area contributed by atoms with Crippen molar-refractivity contribution >= 4 is 48.0 Å². The molecule has 4 fully saturated rings. The summed E-state index contributed by atoms with van der Waals surface area (Å²) in [6.07, 6.45) is 4.88. The maximum Gasteiger partial charge on any atom is 0.461 e. The van der Waals surface area contributed by atoms with Crippen LogP contribution < -0.4 is 22.1 Å². The second-order valence-electron chi connectivity index (χ2n) is 20.9. The third-order valence-corrected chi connectivity index (χ3v) is 15.2. The lowest BCUT2D eigenvalue weighted by Crippen LogP contribution is -2.65. The molecule has 4 aliphatic rings. The van der Waals surface area contributed by atoms with Crippen LogP contribution in [0.1, 0.15) is 154 Å². The normalized spacial score (nSPS) is 22.9. The predicted molar refractivity (Wildman–Crippen MR) is 262 cm³/mol. The Balaban J connectivity index is 1.10. The van der Waals surface area contributed by atoms with E-state index in [4.69, 9.17) is 20.8 Å². The highest BCUT2D eigenvalue weighted by atomic mass is 16.7. The molecule has 2 aromatic carbocycles. The molecule has 2 unspecified atom stereocenters. The summed E-state index contributed by atoms with van der Waals surface area (Å²) in [7, 11) is -0.633. The zero-order chi connectivity index (χ0) is 49.9. The number of carbonyl (C=O) groups is 7. The van der Waals surface area contributed by atoms with Crippen molar-refractivity contribution in [3.05, 3.63) is 59.7 Å². The van der Waals surface area contributed by atoms with Crippen molar-refractivity contribution in [2.24, 2.45) is 40.6 Å². The van der Waals surface area contributed by atoms with Gasteiger partial charge in [-0.25, -0.2) is 0 Å². The first-order valence-electron chi connectivity index (χ1n) is 25.1. The monoisotopic (exact) mass is 941 g/mol. The van der Waals surface area contributed by atoms with Crippen LogP contribution in [0.3, 0.4) is 0 Å². The van der Waals surface area contributed by atoms with Crippen molar-refractivity contribution in [2.75, 3.05) is 6.54 Å². The molecule has 15 heteroatoms. The summed E-state index contributed by atoms with van der Waals surface area (Å²) in [5.74, 6) is -4.75. The average molecular weight is 941 g/mol. The number of Topliss-reactive ketones (excluding diaryl/α,β-unsaturated/α-hetero) is 4. The number of nitrogens with two attached hydrogens (primary N) is 2. The molecule has 2 bridgehead atoms. The number of primary amides is 1. The number of aryl methyl sites for hydroxylation is 1. The van der Waals surface area contributed by atoms with E-state index in [1.54, 1.807) is 12.1 Å². The van der Waals surface area contributed by atoms with Gasteiger partial charge in [0, 0.05) is 49.5 Å². The zero-order valence-corrected chi connectivity index (χ0v) is 41.5. The van der Waals surface area contributed by atoms with Crippen LogP contribution in [0.15, 0.2) is 48.5 Å². The molecule has 0 radical (unpaired) electrons. The summed E-state index contributed by atoms with van der Waals surface area (Å²) in [5, 5.41) is 15.9. The van der Waals surface area contributed by atoms with E-state index in [0.29, 0.717) is 49.6 Å². The largest absolute Gasteiger partial charge is 0.461 e. The molecule has 3 amide bonds. The molecule has 14 nitrogen and oxygen atoms in total. The number of benzene rings is 2. The molecular weight excluding hydrogens is 863 g/mol. The summed E-state index contributed by atoms with van der Waals surface area (Å²) >= 11 is 0. The number of aliphatic hydroxyl groups excluding tert-OH is 1. The Bertz CT molecular complexity index is 2090. The number of ketones is 4. The number of amides is 3. The van der Waals surface area contributed by atoms with Gasteiger partial charge in [0.25, 0.3) is 0 Å². The van der Waals surface area contributed by atoms with E-state index >= 15 is 0 Å². The lowest BCUT2D eigenvalue weighted by Gasteiger charge is -2.64. The molecule has 7 N–H and O–H groups in total. The Morgan fingerprint density at radius 1 is 0.794 bits per heavy atom. The van der Waals surface area contributed by atoms with Crippen LogP contribution in [-0.2, 0) is 44.5 Å². The minimum atomic E-state index is -1.39. The summed E-state index contributed by atoms with van der Waals surface area (Å²) in [4.78, 5) is 92.9. The van der Waals surface area contributed by atoms with Crippen LogP contribution in [0.5, 0.6) is 0 Å². The molecule has 1 saturated heterocycles. The molecule has 10 atom stereocenters. The van der Waals surface area contributed by atoms with Crippen LogP contribution in [0, 0.1) is 29.1 Å². The summed E-state index contributed by atoms with van der Waals surface area (Å²) in [6.45, 7) is 13.8. The van der Waals surface area contributed by atoms with Gasteiger partial charge in [0.15, 0.2) is 17.3 Å². The van der Waals surface area contributed by atoms with Gasteiger partial charge in [-0.3, -0.25) is 33.6 Å². The maximum atomic E-state index is 13.7. The third-order valence-electron chi connectivity index (χ3n) is 15.2. The minimum absolute atomic E-state index is 0.0520. The molecule has 1 aliphatic heterocycles. The van der Waals surface area contributed by atoms with E-state index in [1.807, 2.05) is 19.1 Å². The zero-order valence-electron chi connectivity index (χ0n) is 41.5. The number of hydrogen-bond donors (Lipinski definition) is 5. The van der Waals surface area contributed by atoms with Gasteiger partial charge >= 0.3 is 7.12 Å². The molecule has 3 saturated carbocycles. The van der Waals surface area contributed by atoms with Crippen molar-refractivity contribution in [3.8, 4) is 11.1 Å². The van der Waals surface area contributed by atoms with Gasteiger partial charge in [0.05, 0.1) is 30.3 Å². The number of carbonyl (C=O) groups excluding carboxylic acids is 7. The van der Waals surface area contributed by atoms with Crippen LogP contribution in [-0.4, -0.2) is 89.5 Å². The van der Waals surface area contributed by atoms with E-state index < -0.39 is 84.9 Å². The lowest BCUT2D eigenvalue weighted by atomic mass is 9.43. The fourth-order valence-corrected chi connectivity index (χ4v) is 10.6. The van der Waals surface area contributed by atoms with Gasteiger partial charge in [-0.2, -0.15) is 0 Å². The highest BCUT2D eigenvalue weighted by Gasteiger charge is 2.68. The second kappa shape index (κ2) is 24.3. The molecule has 3 aliphatic carbocycles. The van der Waals surface area contributed by atoms with Crippen molar-refractivity contribution in [3.63, 3.8) is 0 Å². The van der Waals surface area contributed by atoms with Gasteiger partial charge in [-0.05, 0) is 105 Å². The van der Waals surface area contributed by atoms with Gasteiger partial charge in [-0.1, -0.05) is 96.0 Å². The second-order valence-corrected chi connectivity index (χ2v) is 20.9. The Morgan fingerprint density at radius 3 is 2.06 bits per heavy atom. The molecule has 1 heterocycles. The summed E-state index contributed by atoms with van der Waals surface area (Å²) < 4.78 is 12.9. The topological polar surface area (TPSA) is 234 Å². The van der Waals surface area contributed by atoms with Crippen LogP contribution in [0.25, 0.3) is 11.1 Å². The Kier molecular flexibility index (Phi) is 19.4. The van der Waals surface area contributed by atoms with E-state index in [2.05, 4.69) is 62.6 Å². The molecule has 68 heavy (non-hydrogen) atoms. The lowest BCUT2D eigenvalue weighted by molar-refractivity contribution is -0.199. The summed E-state index contributed by atoms with van der Waals surface area (Å²) in [5.41, 5.74) is 14.8. The van der Waals surface area contributed by atoms with Crippen LogP contribution in [0.4, 0.5) is 0 Å². The SMILES string of the molecule is CCCCc1ccc(-c2ccc(C(=O)CCCC(=O)C[C@@H](CCCCN)C(=O)N[C@H](C(=O)C[C@@H](C)C(=O)N[C@@H](CC(N)=O)C(=O)C[C@@H](C)B3OC4C[C@@H]5C[C@@H](C5(C)C)[C@]4(C)O3)C(C)O)cc2)cc1. The fraction of sp³-hybridized carbons (Fsp3) is 0.642. The summed E-state index contributed by atoms with van der Waals surface area (Å²) in [6, 6.07) is 13.3. The molecule has 0 spiro atoms. The molecule has 0 aromatic heterocycles. The van der Waals surface area contributed by atoms with E-state index in [9.17, 15) is 38.7 Å². The number of unbranched alkanes of at least 4 members (excludes halogenated alkanes) is 2. The van der Waals surface area contributed by atoms with Crippen molar-refractivity contribution in [1.29, 1.82) is 0 Å². The third kappa shape index (κ3) is 13.8. The van der Waals surface area contributed by atoms with Gasteiger partial charge in [0.1, 0.15) is 11.8 Å². The first-order chi connectivity index (χ1) is 32.2. The average Bonchev–Trinajstić information content (AvgIpc) is 3.67. The van der Waals surface area contributed by atoms with Crippen molar-refractivity contribution < 1.29 is 48.0 Å². The number of hydrogen-bond acceptors (Lipinski definition) is 11.